The van der Waals surface area contributed by atoms with Crippen LogP contribution in [0.15, 0.2) is 6.07 Å². The molecule has 0 unspecified atom stereocenters. The lowest BCUT2D eigenvalue weighted by Gasteiger charge is -2.13. The van der Waals surface area contributed by atoms with Crippen molar-refractivity contribution in [2.45, 2.75) is 20.0 Å². The Kier molecular flexibility index (Phi) is 3.63. The highest BCUT2D eigenvalue weighted by molar-refractivity contribution is 6.32. The summed E-state index contributed by atoms with van der Waals surface area (Å²) < 4.78 is 31.2. The van der Waals surface area contributed by atoms with Crippen LogP contribution < -0.4 is 4.74 Å². The number of halogens is 3. The molecule has 0 N–H and O–H groups in total. The van der Waals surface area contributed by atoms with E-state index in [1.807, 2.05) is 0 Å². The number of hydrogen-bond acceptors (Lipinski definition) is 2. The molecule has 2 nitrogen and oxygen atoms in total. The second kappa shape index (κ2) is 4.57. The highest BCUT2D eigenvalue weighted by atomic mass is 35.5. The maximum atomic E-state index is 13.1. The first-order valence-electron chi connectivity index (χ1n) is 4.26. The predicted octanol–water partition coefficient (Wildman–Crippen LogP) is 3.22. The van der Waals surface area contributed by atoms with Gasteiger partial charge in [-0.2, -0.15) is 0 Å². The maximum absolute atomic E-state index is 13.1. The Labute approximate surface area is 90.8 Å². The van der Waals surface area contributed by atoms with E-state index in [2.05, 4.69) is 0 Å². The van der Waals surface area contributed by atoms with Crippen LogP contribution in [0.5, 0.6) is 5.75 Å². The fourth-order valence-electron chi connectivity index (χ4n) is 1.06. The first-order chi connectivity index (χ1) is 6.97. The van der Waals surface area contributed by atoms with Crippen LogP contribution >= 0.6 is 11.6 Å². The third-order valence-electron chi connectivity index (χ3n) is 1.63. The molecule has 1 aromatic carbocycles. The molecule has 0 aliphatic rings. The lowest BCUT2D eigenvalue weighted by molar-refractivity contribution is 0.111. The van der Waals surface area contributed by atoms with Crippen molar-refractivity contribution in [3.8, 4) is 5.75 Å². The molecule has 0 aliphatic heterocycles. The molecule has 82 valence electrons. The Balaban J connectivity index is 3.35. The molecule has 0 bridgehead atoms. The van der Waals surface area contributed by atoms with Gasteiger partial charge in [0.25, 0.3) is 0 Å². The van der Waals surface area contributed by atoms with E-state index in [0.29, 0.717) is 0 Å². The summed E-state index contributed by atoms with van der Waals surface area (Å²) in [7, 11) is 0. The van der Waals surface area contributed by atoms with Crippen molar-refractivity contribution in [2.75, 3.05) is 0 Å². The largest absolute Gasteiger partial charge is 0.489 e. The molecule has 0 amide bonds. The average Bonchev–Trinajstić information content (AvgIpc) is 2.14. The van der Waals surface area contributed by atoms with Gasteiger partial charge in [0, 0.05) is 0 Å². The number of ether oxygens (including phenoxy) is 1. The van der Waals surface area contributed by atoms with Crippen molar-refractivity contribution in [3.05, 3.63) is 28.3 Å². The highest BCUT2D eigenvalue weighted by Gasteiger charge is 2.19. The molecule has 0 heterocycles. The molecular formula is C10H9ClF2O2. The van der Waals surface area contributed by atoms with Gasteiger partial charge in [0.05, 0.1) is 16.7 Å². The van der Waals surface area contributed by atoms with E-state index in [-0.39, 0.29) is 23.2 Å². The van der Waals surface area contributed by atoms with Crippen molar-refractivity contribution in [3.63, 3.8) is 0 Å². The van der Waals surface area contributed by atoms with Gasteiger partial charge >= 0.3 is 0 Å². The topological polar surface area (TPSA) is 26.3 Å². The third kappa shape index (κ3) is 2.45. The van der Waals surface area contributed by atoms with Gasteiger partial charge in [-0.15, -0.1) is 0 Å². The van der Waals surface area contributed by atoms with Crippen LogP contribution in [-0.2, 0) is 0 Å². The molecule has 0 spiro atoms. The fourth-order valence-corrected chi connectivity index (χ4v) is 1.30. The van der Waals surface area contributed by atoms with E-state index in [0.717, 1.165) is 6.07 Å². The van der Waals surface area contributed by atoms with Crippen LogP contribution in [0.4, 0.5) is 8.78 Å². The molecule has 0 radical (unpaired) electrons. The van der Waals surface area contributed by atoms with Crippen molar-refractivity contribution >= 4 is 17.9 Å². The standard InChI is InChI=1S/C10H9ClF2O2/c1-5(2)15-10-6(4-14)9(13)8(12)3-7(10)11/h3-5H,1-2H3. The average molecular weight is 235 g/mol. The first-order valence-corrected chi connectivity index (χ1v) is 4.64. The molecule has 5 heteroatoms. The van der Waals surface area contributed by atoms with E-state index >= 15 is 0 Å². The molecule has 0 aliphatic carbocycles. The van der Waals surface area contributed by atoms with Gasteiger partial charge in [-0.05, 0) is 19.9 Å². The third-order valence-corrected chi connectivity index (χ3v) is 1.91. The van der Waals surface area contributed by atoms with Crippen LogP contribution in [0.1, 0.15) is 24.2 Å². The van der Waals surface area contributed by atoms with Crippen LogP contribution in [0.2, 0.25) is 5.02 Å². The quantitative estimate of drug-likeness (QED) is 0.593. The van der Waals surface area contributed by atoms with Gasteiger partial charge in [-0.3, -0.25) is 4.79 Å². The summed E-state index contributed by atoms with van der Waals surface area (Å²) in [6.45, 7) is 3.37. The number of carbonyl (C=O) groups is 1. The number of benzene rings is 1. The molecule has 0 aromatic heterocycles. The summed E-state index contributed by atoms with van der Waals surface area (Å²) in [4.78, 5) is 10.6. The molecule has 15 heavy (non-hydrogen) atoms. The minimum Gasteiger partial charge on any atom is -0.489 e. The molecule has 0 saturated carbocycles. The summed E-state index contributed by atoms with van der Waals surface area (Å²) in [5.41, 5.74) is -0.492. The van der Waals surface area contributed by atoms with Crippen molar-refractivity contribution in [1.82, 2.24) is 0 Å². The van der Waals surface area contributed by atoms with Gasteiger partial charge in [0.2, 0.25) is 0 Å². The van der Waals surface area contributed by atoms with Crippen molar-refractivity contribution in [1.29, 1.82) is 0 Å². The van der Waals surface area contributed by atoms with E-state index in [1.165, 1.54) is 0 Å². The molecule has 1 aromatic rings. The Morgan fingerprint density at radius 3 is 2.53 bits per heavy atom. The zero-order valence-electron chi connectivity index (χ0n) is 8.18. The van der Waals surface area contributed by atoms with E-state index in [1.54, 1.807) is 13.8 Å². The lowest BCUT2D eigenvalue weighted by Crippen LogP contribution is -2.09. The Morgan fingerprint density at radius 2 is 2.07 bits per heavy atom. The maximum Gasteiger partial charge on any atom is 0.173 e. The highest BCUT2D eigenvalue weighted by Crippen LogP contribution is 2.32. The van der Waals surface area contributed by atoms with E-state index in [4.69, 9.17) is 16.3 Å². The summed E-state index contributed by atoms with van der Waals surface area (Å²) in [5, 5.41) is -0.121. The van der Waals surface area contributed by atoms with Gasteiger partial charge in [-0.1, -0.05) is 11.6 Å². The number of aldehydes is 1. The smallest absolute Gasteiger partial charge is 0.173 e. The minimum absolute atomic E-state index is 0.121. The van der Waals surface area contributed by atoms with Gasteiger partial charge in [0.1, 0.15) is 0 Å². The number of hydrogen-bond donors (Lipinski definition) is 0. The zero-order valence-corrected chi connectivity index (χ0v) is 8.94. The van der Waals surface area contributed by atoms with Gasteiger partial charge in [0.15, 0.2) is 23.7 Å². The second-order valence-corrected chi connectivity index (χ2v) is 3.59. The fraction of sp³-hybridized carbons (Fsp3) is 0.300. The summed E-state index contributed by atoms with van der Waals surface area (Å²) in [6.07, 6.45) is -0.104. The van der Waals surface area contributed by atoms with Crippen LogP contribution in [0.3, 0.4) is 0 Å². The minimum atomic E-state index is -1.25. The molecular weight excluding hydrogens is 226 g/mol. The van der Waals surface area contributed by atoms with Crippen LogP contribution in [0, 0.1) is 11.6 Å². The second-order valence-electron chi connectivity index (χ2n) is 3.18. The first kappa shape index (κ1) is 11.9. The Hall–Kier alpha value is -1.16. The number of carbonyl (C=O) groups excluding carboxylic acids is 1. The van der Waals surface area contributed by atoms with Gasteiger partial charge < -0.3 is 4.74 Å². The van der Waals surface area contributed by atoms with Crippen LogP contribution in [0.25, 0.3) is 0 Å². The number of rotatable bonds is 3. The monoisotopic (exact) mass is 234 g/mol. The molecule has 1 rings (SSSR count). The summed E-state index contributed by atoms with van der Waals surface area (Å²) in [5.74, 6) is -2.54. The summed E-state index contributed by atoms with van der Waals surface area (Å²) in [6, 6.07) is 0.779. The van der Waals surface area contributed by atoms with E-state index < -0.39 is 17.2 Å². The normalized spacial score (nSPS) is 10.5. The zero-order chi connectivity index (χ0) is 11.6. The Morgan fingerprint density at radius 1 is 1.47 bits per heavy atom. The van der Waals surface area contributed by atoms with Crippen molar-refractivity contribution in [2.24, 2.45) is 0 Å². The SMILES string of the molecule is CC(C)Oc1c(Cl)cc(F)c(F)c1C=O. The van der Waals surface area contributed by atoms with Crippen LogP contribution in [-0.4, -0.2) is 12.4 Å². The lowest BCUT2D eigenvalue weighted by atomic mass is 10.2. The van der Waals surface area contributed by atoms with Gasteiger partial charge in [-0.25, -0.2) is 8.78 Å². The molecule has 0 atom stereocenters. The van der Waals surface area contributed by atoms with E-state index in [9.17, 15) is 13.6 Å². The summed E-state index contributed by atoms with van der Waals surface area (Å²) >= 11 is 5.64. The molecule has 0 fully saturated rings. The van der Waals surface area contributed by atoms with Crippen molar-refractivity contribution < 1.29 is 18.3 Å². The predicted molar refractivity (Wildman–Crippen MR) is 52.5 cm³/mol. The Bertz CT molecular complexity index is 391. The molecule has 0 saturated heterocycles.